The Hall–Kier alpha value is -3.33. The van der Waals surface area contributed by atoms with Crippen LogP contribution in [0.4, 0.5) is 29.0 Å². The highest BCUT2D eigenvalue weighted by molar-refractivity contribution is 7.99. The quantitative estimate of drug-likeness (QED) is 0.508. The summed E-state index contributed by atoms with van der Waals surface area (Å²) in [4.78, 5) is 26.3. The molecule has 2 aromatic carbocycles. The average Bonchev–Trinajstić information content (AvgIpc) is 2.68. The number of carbonyl (C=O) groups is 1. The van der Waals surface area contributed by atoms with Gasteiger partial charge in [-0.2, -0.15) is 15.0 Å². The van der Waals surface area contributed by atoms with Gasteiger partial charge in [0, 0.05) is 23.1 Å². The molecule has 150 valence electrons. The maximum absolute atomic E-state index is 12.9. The Morgan fingerprint density at radius 2 is 1.55 bits per heavy atom. The molecule has 1 heterocycles. The highest BCUT2D eigenvalue weighted by Crippen LogP contribution is 2.24. The Morgan fingerprint density at radius 3 is 2.14 bits per heavy atom. The van der Waals surface area contributed by atoms with Gasteiger partial charge in [-0.3, -0.25) is 4.79 Å². The van der Waals surface area contributed by atoms with E-state index in [0.717, 1.165) is 17.1 Å². The molecule has 5 N–H and O–H groups in total. The third-order valence-corrected chi connectivity index (χ3v) is 4.80. The Morgan fingerprint density at radius 1 is 0.966 bits per heavy atom. The Kier molecular flexibility index (Phi) is 6.50. The first-order chi connectivity index (χ1) is 13.9. The fourth-order valence-corrected chi connectivity index (χ4v) is 3.48. The van der Waals surface area contributed by atoms with E-state index in [1.165, 1.54) is 11.8 Å². The second-order valence-electron chi connectivity index (χ2n) is 6.52. The Balaban J connectivity index is 1.69. The molecule has 0 aliphatic carbocycles. The Bertz CT molecular complexity index is 944. The van der Waals surface area contributed by atoms with Crippen LogP contribution in [0.2, 0.25) is 0 Å². The van der Waals surface area contributed by atoms with Gasteiger partial charge in [0.1, 0.15) is 0 Å². The van der Waals surface area contributed by atoms with Crippen molar-refractivity contribution in [3.63, 3.8) is 0 Å². The molecule has 0 saturated carbocycles. The number of anilines is 5. The lowest BCUT2D eigenvalue weighted by Crippen LogP contribution is -2.38. The van der Waals surface area contributed by atoms with Gasteiger partial charge in [0.05, 0.1) is 5.75 Å². The van der Waals surface area contributed by atoms with E-state index >= 15 is 0 Å². The lowest BCUT2D eigenvalue weighted by Gasteiger charge is -2.27. The number of para-hydroxylation sites is 1. The van der Waals surface area contributed by atoms with E-state index in [9.17, 15) is 4.79 Å². The lowest BCUT2D eigenvalue weighted by atomic mass is 10.2. The molecule has 0 aliphatic rings. The van der Waals surface area contributed by atoms with Gasteiger partial charge in [0.25, 0.3) is 0 Å². The summed E-state index contributed by atoms with van der Waals surface area (Å²) in [5.74, 6) is 0.168. The molecule has 3 aromatic rings. The van der Waals surface area contributed by atoms with Gasteiger partial charge in [-0.1, -0.05) is 30.0 Å². The summed E-state index contributed by atoms with van der Waals surface area (Å²) in [5, 5.41) is 3.66. The highest BCUT2D eigenvalue weighted by atomic mass is 32.2. The van der Waals surface area contributed by atoms with E-state index < -0.39 is 0 Å². The molecule has 3 rings (SSSR count). The number of hydrogen-bond acceptors (Lipinski definition) is 8. The standard InChI is InChI=1S/C20H23N7OS/c1-13(2)27(17(28)12-29-20-25-18(21)24-19(22)26-20)16-10-8-15(9-11-16)23-14-6-4-3-5-7-14/h3-11,13,23H,12H2,1-2H3,(H4,21,22,24,25,26). The molecule has 0 aliphatic heterocycles. The molecular formula is C20H23N7OS. The summed E-state index contributed by atoms with van der Waals surface area (Å²) in [6.45, 7) is 3.94. The SMILES string of the molecule is CC(C)N(C(=O)CSc1nc(N)nc(N)n1)c1ccc(Nc2ccccc2)cc1. The fourth-order valence-electron chi connectivity index (χ4n) is 2.77. The van der Waals surface area contributed by atoms with Crippen molar-refractivity contribution in [1.82, 2.24) is 15.0 Å². The molecule has 0 atom stereocenters. The predicted molar refractivity (Wildman–Crippen MR) is 118 cm³/mol. The second-order valence-corrected chi connectivity index (χ2v) is 7.46. The first kappa shape index (κ1) is 20.4. The van der Waals surface area contributed by atoms with E-state index in [1.54, 1.807) is 4.90 Å². The van der Waals surface area contributed by atoms with E-state index in [4.69, 9.17) is 11.5 Å². The van der Waals surface area contributed by atoms with Crippen LogP contribution in [0, 0.1) is 0 Å². The monoisotopic (exact) mass is 409 g/mol. The average molecular weight is 410 g/mol. The summed E-state index contributed by atoms with van der Waals surface area (Å²) in [6.07, 6.45) is 0. The molecule has 1 aromatic heterocycles. The molecule has 0 unspecified atom stereocenters. The number of hydrogen-bond donors (Lipinski definition) is 3. The van der Waals surface area contributed by atoms with E-state index in [2.05, 4.69) is 20.3 Å². The van der Waals surface area contributed by atoms with E-state index in [0.29, 0.717) is 5.16 Å². The molecule has 1 amide bonds. The van der Waals surface area contributed by atoms with Crippen LogP contribution in [0.5, 0.6) is 0 Å². The van der Waals surface area contributed by atoms with Gasteiger partial charge in [-0.15, -0.1) is 0 Å². The predicted octanol–water partition coefficient (Wildman–Crippen LogP) is 3.31. The number of nitrogens with two attached hydrogens (primary N) is 2. The summed E-state index contributed by atoms with van der Waals surface area (Å²) in [6, 6.07) is 17.6. The maximum Gasteiger partial charge on any atom is 0.237 e. The van der Waals surface area contributed by atoms with Gasteiger partial charge in [-0.25, -0.2) is 0 Å². The van der Waals surface area contributed by atoms with Crippen molar-refractivity contribution in [3.8, 4) is 0 Å². The molecule has 0 fully saturated rings. The third kappa shape index (κ3) is 5.58. The molecule has 0 spiro atoms. The minimum atomic E-state index is -0.0636. The number of amides is 1. The van der Waals surface area contributed by atoms with Crippen LogP contribution in [0.25, 0.3) is 0 Å². The normalized spacial score (nSPS) is 10.7. The maximum atomic E-state index is 12.9. The molecule has 0 bridgehead atoms. The number of benzene rings is 2. The van der Waals surface area contributed by atoms with Gasteiger partial charge in [0.15, 0.2) is 5.16 Å². The first-order valence-electron chi connectivity index (χ1n) is 9.06. The van der Waals surface area contributed by atoms with Crippen LogP contribution >= 0.6 is 11.8 Å². The van der Waals surface area contributed by atoms with Crippen LogP contribution in [0.1, 0.15) is 13.8 Å². The molecule has 0 saturated heterocycles. The van der Waals surface area contributed by atoms with Crippen molar-refractivity contribution >= 4 is 46.6 Å². The molecular weight excluding hydrogens is 386 g/mol. The van der Waals surface area contributed by atoms with Crippen LogP contribution in [-0.2, 0) is 4.79 Å². The fraction of sp³-hybridized carbons (Fsp3) is 0.200. The van der Waals surface area contributed by atoms with Gasteiger partial charge in [0.2, 0.25) is 17.8 Å². The third-order valence-electron chi connectivity index (χ3n) is 3.97. The van der Waals surface area contributed by atoms with Crippen LogP contribution in [-0.4, -0.2) is 32.7 Å². The zero-order valence-electron chi connectivity index (χ0n) is 16.2. The second kappa shape index (κ2) is 9.24. The van der Waals surface area contributed by atoms with E-state index in [1.807, 2.05) is 68.4 Å². The summed E-state index contributed by atoms with van der Waals surface area (Å²) >= 11 is 1.18. The topological polar surface area (TPSA) is 123 Å². The molecule has 29 heavy (non-hydrogen) atoms. The largest absolute Gasteiger partial charge is 0.368 e. The minimum absolute atomic E-state index is 0.00969. The number of nitrogens with zero attached hydrogens (tertiary/aromatic N) is 4. The summed E-state index contributed by atoms with van der Waals surface area (Å²) in [7, 11) is 0. The number of nitrogen functional groups attached to an aromatic ring is 2. The number of rotatable bonds is 7. The minimum Gasteiger partial charge on any atom is -0.368 e. The molecule has 8 nitrogen and oxygen atoms in total. The number of aromatic nitrogens is 3. The number of nitrogens with one attached hydrogen (secondary N) is 1. The van der Waals surface area contributed by atoms with Crippen molar-refractivity contribution in [2.75, 3.05) is 27.4 Å². The van der Waals surface area contributed by atoms with Crippen LogP contribution < -0.4 is 21.7 Å². The highest BCUT2D eigenvalue weighted by Gasteiger charge is 2.20. The zero-order valence-corrected chi connectivity index (χ0v) is 17.1. The van der Waals surface area contributed by atoms with Crippen LogP contribution in [0.15, 0.2) is 59.8 Å². The van der Waals surface area contributed by atoms with Crippen LogP contribution in [0.3, 0.4) is 0 Å². The van der Waals surface area contributed by atoms with Crippen molar-refractivity contribution in [1.29, 1.82) is 0 Å². The zero-order chi connectivity index (χ0) is 20.8. The number of thioether (sulfide) groups is 1. The number of carbonyl (C=O) groups excluding carboxylic acids is 1. The van der Waals surface area contributed by atoms with Gasteiger partial charge in [-0.05, 0) is 50.2 Å². The van der Waals surface area contributed by atoms with Crippen molar-refractivity contribution < 1.29 is 4.79 Å². The molecule has 9 heteroatoms. The lowest BCUT2D eigenvalue weighted by molar-refractivity contribution is -0.116. The first-order valence-corrected chi connectivity index (χ1v) is 10.0. The van der Waals surface area contributed by atoms with Gasteiger partial charge < -0.3 is 21.7 Å². The molecule has 0 radical (unpaired) electrons. The Labute approximate surface area is 173 Å². The van der Waals surface area contributed by atoms with Crippen molar-refractivity contribution in [2.24, 2.45) is 0 Å². The van der Waals surface area contributed by atoms with E-state index in [-0.39, 0.29) is 29.6 Å². The summed E-state index contributed by atoms with van der Waals surface area (Å²) in [5.41, 5.74) is 13.9. The smallest absolute Gasteiger partial charge is 0.237 e. The van der Waals surface area contributed by atoms with Gasteiger partial charge >= 0.3 is 0 Å². The van der Waals surface area contributed by atoms with Crippen molar-refractivity contribution in [3.05, 3.63) is 54.6 Å². The summed E-state index contributed by atoms with van der Waals surface area (Å²) < 4.78 is 0. The van der Waals surface area contributed by atoms with Crippen molar-refractivity contribution in [2.45, 2.75) is 25.0 Å².